The Bertz CT molecular complexity index is 888. The first-order valence-electron chi connectivity index (χ1n) is 11.8. The maximum atomic E-state index is 13.5. The molecule has 172 valence electrons. The summed E-state index contributed by atoms with van der Waals surface area (Å²) in [6.45, 7) is 4.46. The lowest BCUT2D eigenvalue weighted by molar-refractivity contribution is -0.141. The van der Waals surface area contributed by atoms with Gasteiger partial charge in [-0.3, -0.25) is 9.59 Å². The normalized spacial score (nSPS) is 15.1. The third kappa shape index (κ3) is 6.35. The number of nitrogens with one attached hydrogen (secondary N) is 1. The van der Waals surface area contributed by atoms with Crippen molar-refractivity contribution in [1.29, 1.82) is 0 Å². The molecule has 1 atom stereocenters. The van der Waals surface area contributed by atoms with Gasteiger partial charge in [-0.1, -0.05) is 62.6 Å². The lowest BCUT2D eigenvalue weighted by Gasteiger charge is -2.33. The Hall–Kier alpha value is -2.82. The molecule has 5 heteroatoms. The molecule has 32 heavy (non-hydrogen) atoms. The summed E-state index contributed by atoms with van der Waals surface area (Å²) in [5, 5.41) is 3.24. The first-order valence-corrected chi connectivity index (χ1v) is 11.8. The van der Waals surface area contributed by atoms with Gasteiger partial charge in [-0.05, 0) is 55.0 Å². The molecule has 2 aromatic carbocycles. The molecule has 0 bridgehead atoms. The average molecular weight is 437 g/mol. The molecule has 3 rings (SSSR count). The molecule has 1 aliphatic rings. The minimum absolute atomic E-state index is 0.0314. The largest absolute Gasteiger partial charge is 0.497 e. The molecule has 0 spiro atoms. The number of amides is 2. The predicted octanol–water partition coefficient (Wildman–Crippen LogP) is 4.80. The van der Waals surface area contributed by atoms with E-state index in [0.29, 0.717) is 13.0 Å². The van der Waals surface area contributed by atoms with Crippen LogP contribution in [0.1, 0.15) is 62.1 Å². The average Bonchev–Trinajstić information content (AvgIpc) is 2.81. The van der Waals surface area contributed by atoms with Crippen molar-refractivity contribution in [1.82, 2.24) is 10.2 Å². The van der Waals surface area contributed by atoms with Crippen molar-refractivity contribution < 1.29 is 14.3 Å². The van der Waals surface area contributed by atoms with E-state index in [2.05, 4.69) is 5.32 Å². The topological polar surface area (TPSA) is 58.6 Å². The van der Waals surface area contributed by atoms with Crippen molar-refractivity contribution in [2.75, 3.05) is 7.11 Å². The van der Waals surface area contributed by atoms with E-state index in [0.717, 1.165) is 48.1 Å². The van der Waals surface area contributed by atoms with Crippen LogP contribution in [0.15, 0.2) is 48.5 Å². The van der Waals surface area contributed by atoms with Gasteiger partial charge >= 0.3 is 0 Å². The zero-order valence-electron chi connectivity index (χ0n) is 19.6. The molecular weight excluding hydrogens is 400 g/mol. The third-order valence-corrected chi connectivity index (χ3v) is 6.45. The van der Waals surface area contributed by atoms with E-state index in [1.54, 1.807) is 12.0 Å². The number of hydrogen-bond donors (Lipinski definition) is 1. The summed E-state index contributed by atoms with van der Waals surface area (Å²) in [5.74, 6) is 0.691. The molecule has 5 nitrogen and oxygen atoms in total. The van der Waals surface area contributed by atoms with Crippen LogP contribution in [-0.2, 0) is 22.6 Å². The van der Waals surface area contributed by atoms with Crippen molar-refractivity contribution in [2.45, 2.75) is 77.4 Å². The minimum atomic E-state index is -0.484. The third-order valence-electron chi connectivity index (χ3n) is 6.45. The maximum absolute atomic E-state index is 13.5. The van der Waals surface area contributed by atoms with E-state index < -0.39 is 6.04 Å². The number of methoxy groups -OCH3 is 1. The molecule has 1 N–H and O–H groups in total. The highest BCUT2D eigenvalue weighted by Gasteiger charge is 2.30. The summed E-state index contributed by atoms with van der Waals surface area (Å²) in [4.78, 5) is 28.5. The van der Waals surface area contributed by atoms with Crippen LogP contribution in [0.4, 0.5) is 0 Å². The summed E-state index contributed by atoms with van der Waals surface area (Å²) in [7, 11) is 1.63. The van der Waals surface area contributed by atoms with Gasteiger partial charge in [0.15, 0.2) is 0 Å². The Balaban J connectivity index is 1.80. The Morgan fingerprint density at radius 2 is 1.75 bits per heavy atom. The SMILES string of the molecule is CC[C@H](C(=O)NC1CCCCC1)N(Cc1ccccc1C)C(=O)Cc1ccc(OC)cc1. The van der Waals surface area contributed by atoms with E-state index in [4.69, 9.17) is 4.74 Å². The van der Waals surface area contributed by atoms with Gasteiger partial charge < -0.3 is 15.0 Å². The van der Waals surface area contributed by atoms with Gasteiger partial charge in [0.2, 0.25) is 11.8 Å². The van der Waals surface area contributed by atoms with E-state index in [1.807, 2.05) is 62.4 Å². The van der Waals surface area contributed by atoms with Crippen molar-refractivity contribution in [3.63, 3.8) is 0 Å². The fourth-order valence-corrected chi connectivity index (χ4v) is 4.45. The molecule has 0 saturated heterocycles. The molecule has 0 radical (unpaired) electrons. The van der Waals surface area contributed by atoms with Crippen LogP contribution in [0.2, 0.25) is 0 Å². The van der Waals surface area contributed by atoms with Crippen LogP contribution < -0.4 is 10.1 Å². The van der Waals surface area contributed by atoms with Crippen LogP contribution in [0, 0.1) is 6.92 Å². The fraction of sp³-hybridized carbons (Fsp3) is 0.481. The van der Waals surface area contributed by atoms with E-state index in [-0.39, 0.29) is 24.3 Å². The van der Waals surface area contributed by atoms with Crippen LogP contribution in [0.5, 0.6) is 5.75 Å². The fourth-order valence-electron chi connectivity index (χ4n) is 4.45. The van der Waals surface area contributed by atoms with Gasteiger partial charge in [-0.15, -0.1) is 0 Å². The van der Waals surface area contributed by atoms with Crippen molar-refractivity contribution in [2.24, 2.45) is 0 Å². The molecule has 0 heterocycles. The van der Waals surface area contributed by atoms with Crippen LogP contribution in [0.3, 0.4) is 0 Å². The Morgan fingerprint density at radius 3 is 2.38 bits per heavy atom. The van der Waals surface area contributed by atoms with Gasteiger partial charge in [0.25, 0.3) is 0 Å². The number of hydrogen-bond acceptors (Lipinski definition) is 3. The summed E-state index contributed by atoms with van der Waals surface area (Å²) in [5.41, 5.74) is 3.10. The molecular formula is C27H36N2O3. The zero-order valence-corrected chi connectivity index (χ0v) is 19.6. The molecule has 1 saturated carbocycles. The van der Waals surface area contributed by atoms with Crippen molar-refractivity contribution in [3.8, 4) is 5.75 Å². The molecule has 0 aromatic heterocycles. The number of aryl methyl sites for hydroxylation is 1. The summed E-state index contributed by atoms with van der Waals surface area (Å²) in [6.07, 6.45) is 6.45. The van der Waals surface area contributed by atoms with Crippen molar-refractivity contribution >= 4 is 11.8 Å². The molecule has 2 amide bonds. The second-order valence-corrected chi connectivity index (χ2v) is 8.74. The quantitative estimate of drug-likeness (QED) is 0.614. The highest BCUT2D eigenvalue weighted by atomic mass is 16.5. The number of nitrogens with zero attached hydrogens (tertiary/aromatic N) is 1. The molecule has 2 aromatic rings. The van der Waals surface area contributed by atoms with Crippen LogP contribution in [0.25, 0.3) is 0 Å². The summed E-state index contributed by atoms with van der Waals surface area (Å²) in [6, 6.07) is 15.3. The molecule has 1 aliphatic carbocycles. The highest BCUT2D eigenvalue weighted by molar-refractivity contribution is 5.88. The first kappa shape index (κ1) is 23.8. The summed E-state index contributed by atoms with van der Waals surface area (Å²) < 4.78 is 5.22. The molecule has 1 fully saturated rings. The lowest BCUT2D eigenvalue weighted by atomic mass is 9.95. The number of benzene rings is 2. The van der Waals surface area contributed by atoms with Gasteiger partial charge in [0, 0.05) is 12.6 Å². The van der Waals surface area contributed by atoms with Gasteiger partial charge in [-0.2, -0.15) is 0 Å². The minimum Gasteiger partial charge on any atom is -0.497 e. The number of carbonyl (C=O) groups is 2. The Labute approximate surface area is 192 Å². The van der Waals surface area contributed by atoms with E-state index in [1.165, 1.54) is 6.42 Å². The maximum Gasteiger partial charge on any atom is 0.243 e. The van der Waals surface area contributed by atoms with Gasteiger partial charge in [0.1, 0.15) is 11.8 Å². The first-order chi connectivity index (χ1) is 15.5. The predicted molar refractivity (Wildman–Crippen MR) is 128 cm³/mol. The Kier molecular flexibility index (Phi) is 8.72. The highest BCUT2D eigenvalue weighted by Crippen LogP contribution is 2.21. The zero-order chi connectivity index (χ0) is 22.9. The number of carbonyl (C=O) groups excluding carboxylic acids is 2. The standard InChI is InChI=1S/C27H36N2O3/c1-4-25(27(31)28-23-12-6-5-7-13-23)29(19-22-11-9-8-10-20(22)2)26(30)18-21-14-16-24(32-3)17-15-21/h8-11,14-17,23,25H,4-7,12-13,18-19H2,1-3H3,(H,28,31)/t25-/m1/s1. The van der Waals surface area contributed by atoms with Gasteiger partial charge in [-0.25, -0.2) is 0 Å². The molecule has 0 unspecified atom stereocenters. The lowest BCUT2D eigenvalue weighted by Crippen LogP contribution is -2.52. The monoisotopic (exact) mass is 436 g/mol. The van der Waals surface area contributed by atoms with Crippen molar-refractivity contribution in [3.05, 3.63) is 65.2 Å². The van der Waals surface area contributed by atoms with Crippen LogP contribution >= 0.6 is 0 Å². The second kappa shape index (κ2) is 11.7. The van der Waals surface area contributed by atoms with Crippen LogP contribution in [-0.4, -0.2) is 35.9 Å². The summed E-state index contributed by atoms with van der Waals surface area (Å²) >= 11 is 0. The Morgan fingerprint density at radius 1 is 1.06 bits per heavy atom. The number of ether oxygens (including phenoxy) is 1. The smallest absolute Gasteiger partial charge is 0.243 e. The van der Waals surface area contributed by atoms with E-state index in [9.17, 15) is 9.59 Å². The number of rotatable bonds is 9. The molecule has 0 aliphatic heterocycles. The second-order valence-electron chi connectivity index (χ2n) is 8.74. The van der Waals surface area contributed by atoms with E-state index >= 15 is 0 Å². The van der Waals surface area contributed by atoms with Gasteiger partial charge in [0.05, 0.1) is 13.5 Å².